The van der Waals surface area contributed by atoms with Gasteiger partial charge in [-0.15, -0.1) is 0 Å². The number of carboxylic acid groups (broad SMARTS) is 1. The largest absolute Gasteiger partial charge is 0.481 e. The van der Waals surface area contributed by atoms with E-state index >= 15 is 0 Å². The summed E-state index contributed by atoms with van der Waals surface area (Å²) in [6.07, 6.45) is -0.0502. The smallest absolute Gasteiger partial charge is 0.317 e. The van der Waals surface area contributed by atoms with Gasteiger partial charge in [0.15, 0.2) is 0 Å². The monoisotopic (exact) mass is 260 g/mol. The second-order valence-electron chi connectivity index (χ2n) is 4.44. The Morgan fingerprint density at radius 1 is 1.33 bits per heavy atom. The van der Waals surface area contributed by atoms with Gasteiger partial charge in [-0.3, -0.25) is 4.79 Å². The van der Waals surface area contributed by atoms with Crippen LogP contribution in [0.5, 0.6) is 0 Å². The van der Waals surface area contributed by atoms with Crippen LogP contribution in [0.15, 0.2) is 0 Å². The van der Waals surface area contributed by atoms with Crippen molar-refractivity contribution in [2.45, 2.75) is 46.2 Å². The molecule has 0 aromatic carbocycles. The first-order chi connectivity index (χ1) is 8.38. The van der Waals surface area contributed by atoms with Crippen molar-refractivity contribution in [3.63, 3.8) is 0 Å². The van der Waals surface area contributed by atoms with E-state index in [1.54, 1.807) is 0 Å². The van der Waals surface area contributed by atoms with E-state index in [1.807, 2.05) is 27.7 Å². The fraction of sp³-hybridized carbons (Fsp3) is 0.833. The van der Waals surface area contributed by atoms with Crippen LogP contribution < -0.4 is 5.32 Å². The molecule has 0 spiro atoms. The third-order valence-corrected chi connectivity index (χ3v) is 2.39. The zero-order valence-corrected chi connectivity index (χ0v) is 11.6. The van der Waals surface area contributed by atoms with Crippen molar-refractivity contribution >= 4 is 12.0 Å². The van der Waals surface area contributed by atoms with Crippen molar-refractivity contribution in [3.8, 4) is 0 Å². The Balaban J connectivity index is 4.25. The minimum Gasteiger partial charge on any atom is -0.481 e. The number of urea groups is 1. The highest BCUT2D eigenvalue weighted by molar-refractivity contribution is 5.75. The third-order valence-electron chi connectivity index (χ3n) is 2.39. The Morgan fingerprint density at radius 3 is 2.39 bits per heavy atom. The summed E-state index contributed by atoms with van der Waals surface area (Å²) in [6, 6.07) is -0.384. The predicted octanol–water partition coefficient (Wildman–Crippen LogP) is 1.31. The third kappa shape index (κ3) is 7.11. The molecule has 2 N–H and O–H groups in total. The van der Waals surface area contributed by atoms with Gasteiger partial charge in [0.2, 0.25) is 0 Å². The molecule has 0 bridgehead atoms. The number of carbonyl (C=O) groups is 2. The SMILES string of the molecule is CCOCC(C)NC(=O)N(CCC(=O)O)C(C)C. The van der Waals surface area contributed by atoms with Crippen molar-refractivity contribution in [2.75, 3.05) is 19.8 Å². The maximum absolute atomic E-state index is 11.9. The van der Waals surface area contributed by atoms with Gasteiger partial charge in [-0.1, -0.05) is 0 Å². The van der Waals surface area contributed by atoms with Gasteiger partial charge in [-0.05, 0) is 27.7 Å². The molecule has 0 aliphatic rings. The van der Waals surface area contributed by atoms with Crippen LogP contribution in [0.4, 0.5) is 4.79 Å². The molecule has 0 saturated carbocycles. The van der Waals surface area contributed by atoms with E-state index in [0.29, 0.717) is 13.2 Å². The van der Waals surface area contributed by atoms with Crippen molar-refractivity contribution in [2.24, 2.45) is 0 Å². The second kappa shape index (κ2) is 8.74. The number of rotatable bonds is 8. The summed E-state index contributed by atoms with van der Waals surface area (Å²) >= 11 is 0. The molecule has 0 rings (SSSR count). The van der Waals surface area contributed by atoms with Crippen LogP contribution in [-0.4, -0.2) is 53.8 Å². The lowest BCUT2D eigenvalue weighted by molar-refractivity contribution is -0.137. The molecule has 18 heavy (non-hydrogen) atoms. The zero-order chi connectivity index (χ0) is 14.1. The topological polar surface area (TPSA) is 78.9 Å². The van der Waals surface area contributed by atoms with Crippen molar-refractivity contribution in [1.82, 2.24) is 10.2 Å². The zero-order valence-electron chi connectivity index (χ0n) is 11.6. The Bertz CT molecular complexity index is 269. The van der Waals surface area contributed by atoms with Crippen molar-refractivity contribution < 1.29 is 19.4 Å². The van der Waals surface area contributed by atoms with Crippen molar-refractivity contribution in [1.29, 1.82) is 0 Å². The Kier molecular flexibility index (Phi) is 8.11. The van der Waals surface area contributed by atoms with Crippen LogP contribution in [0.2, 0.25) is 0 Å². The standard InChI is InChI=1S/C12H24N2O4/c1-5-18-8-10(4)13-12(17)14(9(2)3)7-6-11(15)16/h9-10H,5-8H2,1-4H3,(H,13,17)(H,15,16). The molecule has 0 aliphatic carbocycles. The molecule has 0 fully saturated rings. The molecule has 1 unspecified atom stereocenters. The fourth-order valence-electron chi connectivity index (χ4n) is 1.44. The lowest BCUT2D eigenvalue weighted by atomic mass is 10.3. The first-order valence-corrected chi connectivity index (χ1v) is 6.25. The van der Waals surface area contributed by atoms with Crippen LogP contribution in [0.1, 0.15) is 34.1 Å². The number of hydrogen-bond donors (Lipinski definition) is 2. The molecule has 2 amide bonds. The number of aliphatic carboxylic acids is 1. The molecular formula is C12H24N2O4. The highest BCUT2D eigenvalue weighted by Gasteiger charge is 2.19. The Labute approximate surface area is 108 Å². The summed E-state index contributed by atoms with van der Waals surface area (Å²) in [5.74, 6) is -0.907. The molecule has 0 aromatic rings. The molecule has 0 saturated heterocycles. The second-order valence-corrected chi connectivity index (χ2v) is 4.44. The molecular weight excluding hydrogens is 236 g/mol. The van der Waals surface area contributed by atoms with E-state index in [1.165, 1.54) is 4.90 Å². The summed E-state index contributed by atoms with van der Waals surface area (Å²) in [5.41, 5.74) is 0. The maximum Gasteiger partial charge on any atom is 0.317 e. The van der Waals surface area contributed by atoms with Gasteiger partial charge in [0, 0.05) is 19.2 Å². The number of ether oxygens (including phenoxy) is 1. The molecule has 1 atom stereocenters. The minimum atomic E-state index is -0.907. The van der Waals surface area contributed by atoms with Gasteiger partial charge < -0.3 is 20.1 Å². The van der Waals surface area contributed by atoms with E-state index in [0.717, 1.165) is 0 Å². The van der Waals surface area contributed by atoms with Crippen LogP contribution in [-0.2, 0) is 9.53 Å². The van der Waals surface area contributed by atoms with E-state index in [4.69, 9.17) is 9.84 Å². The van der Waals surface area contributed by atoms with Crippen LogP contribution in [0.3, 0.4) is 0 Å². The summed E-state index contributed by atoms with van der Waals surface area (Å²) < 4.78 is 5.21. The minimum absolute atomic E-state index is 0.0383. The summed E-state index contributed by atoms with van der Waals surface area (Å²) in [6.45, 7) is 8.72. The Morgan fingerprint density at radius 2 is 1.94 bits per heavy atom. The summed E-state index contributed by atoms with van der Waals surface area (Å²) in [5, 5.41) is 11.4. The molecule has 0 heterocycles. The lowest BCUT2D eigenvalue weighted by Gasteiger charge is -2.28. The molecule has 6 heteroatoms. The highest BCUT2D eigenvalue weighted by atomic mass is 16.5. The highest BCUT2D eigenvalue weighted by Crippen LogP contribution is 2.01. The van der Waals surface area contributed by atoms with Gasteiger partial charge in [0.1, 0.15) is 0 Å². The molecule has 0 aliphatic heterocycles. The number of hydrogen-bond acceptors (Lipinski definition) is 3. The Hall–Kier alpha value is -1.30. The molecule has 106 valence electrons. The van der Waals surface area contributed by atoms with Gasteiger partial charge >= 0.3 is 12.0 Å². The van der Waals surface area contributed by atoms with Gasteiger partial charge in [-0.25, -0.2) is 4.79 Å². The normalized spacial score (nSPS) is 12.3. The summed E-state index contributed by atoms with van der Waals surface area (Å²) in [4.78, 5) is 24.0. The number of nitrogens with zero attached hydrogens (tertiary/aromatic N) is 1. The maximum atomic E-state index is 11.9. The first kappa shape index (κ1) is 16.7. The van der Waals surface area contributed by atoms with Crippen molar-refractivity contribution in [3.05, 3.63) is 0 Å². The molecule has 6 nitrogen and oxygen atoms in total. The van der Waals surface area contributed by atoms with E-state index in [2.05, 4.69) is 5.32 Å². The lowest BCUT2D eigenvalue weighted by Crippen LogP contribution is -2.48. The molecule has 0 radical (unpaired) electrons. The van der Waals surface area contributed by atoms with Crippen LogP contribution >= 0.6 is 0 Å². The van der Waals surface area contributed by atoms with Gasteiger partial charge in [0.25, 0.3) is 0 Å². The average molecular weight is 260 g/mol. The van der Waals surface area contributed by atoms with Gasteiger partial charge in [-0.2, -0.15) is 0 Å². The van der Waals surface area contributed by atoms with E-state index < -0.39 is 5.97 Å². The quantitative estimate of drug-likeness (QED) is 0.689. The number of carboxylic acids is 1. The predicted molar refractivity (Wildman–Crippen MR) is 68.6 cm³/mol. The first-order valence-electron chi connectivity index (χ1n) is 6.25. The van der Waals surface area contributed by atoms with Gasteiger partial charge in [0.05, 0.1) is 19.1 Å². The van der Waals surface area contributed by atoms with E-state index in [-0.39, 0.29) is 31.1 Å². The number of amides is 2. The average Bonchev–Trinajstić information content (AvgIpc) is 2.25. The number of carbonyl (C=O) groups excluding carboxylic acids is 1. The molecule has 0 aromatic heterocycles. The van der Waals surface area contributed by atoms with Crippen LogP contribution in [0.25, 0.3) is 0 Å². The number of nitrogens with one attached hydrogen (secondary N) is 1. The fourth-order valence-corrected chi connectivity index (χ4v) is 1.44. The summed E-state index contributed by atoms with van der Waals surface area (Å²) in [7, 11) is 0. The van der Waals surface area contributed by atoms with E-state index in [9.17, 15) is 9.59 Å². The van der Waals surface area contributed by atoms with Crippen LogP contribution in [0, 0.1) is 0 Å².